The summed E-state index contributed by atoms with van der Waals surface area (Å²) >= 11 is 0. The minimum Gasteiger partial charge on any atom is -0.480 e. The number of aromatic amines is 1. The average molecular weight is 251 g/mol. The van der Waals surface area contributed by atoms with E-state index in [4.69, 9.17) is 5.11 Å². The monoisotopic (exact) mass is 251 g/mol. The van der Waals surface area contributed by atoms with Crippen LogP contribution in [0.5, 0.6) is 0 Å². The Balaban J connectivity index is 1.79. The van der Waals surface area contributed by atoms with Crippen molar-refractivity contribution in [3.05, 3.63) is 24.0 Å². The van der Waals surface area contributed by atoms with Crippen molar-refractivity contribution in [2.45, 2.75) is 6.42 Å². The molecule has 0 atom stereocenters. The molecular formula is C12H17N3O3. The molecule has 2 N–H and O–H groups in total. The average Bonchev–Trinajstić information content (AvgIpc) is 2.82. The Bertz CT molecular complexity index is 408. The van der Waals surface area contributed by atoms with Gasteiger partial charge in [0.05, 0.1) is 13.0 Å². The van der Waals surface area contributed by atoms with E-state index in [1.165, 1.54) is 0 Å². The van der Waals surface area contributed by atoms with Crippen LogP contribution >= 0.6 is 0 Å². The van der Waals surface area contributed by atoms with Gasteiger partial charge in [-0.1, -0.05) is 0 Å². The Labute approximate surface area is 105 Å². The number of H-pyrrole nitrogens is 1. The molecule has 18 heavy (non-hydrogen) atoms. The van der Waals surface area contributed by atoms with E-state index < -0.39 is 5.97 Å². The lowest BCUT2D eigenvalue weighted by Gasteiger charge is -2.33. The van der Waals surface area contributed by atoms with Crippen LogP contribution in [0.1, 0.15) is 5.56 Å². The number of nitrogens with one attached hydrogen (secondary N) is 1. The summed E-state index contributed by atoms with van der Waals surface area (Å²) in [5.74, 6) is -0.716. The largest absolute Gasteiger partial charge is 0.480 e. The molecule has 2 rings (SSSR count). The van der Waals surface area contributed by atoms with Crippen molar-refractivity contribution >= 4 is 11.9 Å². The lowest BCUT2D eigenvalue weighted by atomic mass is 10.2. The van der Waals surface area contributed by atoms with Gasteiger partial charge in [0.15, 0.2) is 0 Å². The van der Waals surface area contributed by atoms with Gasteiger partial charge in [-0.2, -0.15) is 0 Å². The highest BCUT2D eigenvalue weighted by Gasteiger charge is 2.22. The molecule has 0 aromatic carbocycles. The summed E-state index contributed by atoms with van der Waals surface area (Å²) in [5, 5.41) is 8.69. The predicted octanol–water partition coefficient (Wildman–Crippen LogP) is -0.214. The zero-order valence-corrected chi connectivity index (χ0v) is 10.1. The number of hydrogen-bond donors (Lipinski definition) is 2. The quantitative estimate of drug-likeness (QED) is 0.776. The molecule has 6 heteroatoms. The van der Waals surface area contributed by atoms with Gasteiger partial charge in [0.1, 0.15) is 0 Å². The lowest BCUT2D eigenvalue weighted by molar-refractivity contribution is -0.139. The standard InChI is InChI=1S/C12H17N3O3/c16-11(7-10-1-2-13-8-10)15-5-3-14(4-6-15)9-12(17)18/h1-2,8,13H,3-7,9H2,(H,17,18). The second-order valence-corrected chi connectivity index (χ2v) is 4.45. The molecule has 1 fully saturated rings. The molecule has 0 unspecified atom stereocenters. The van der Waals surface area contributed by atoms with Crippen molar-refractivity contribution in [2.75, 3.05) is 32.7 Å². The minimum atomic E-state index is -0.818. The first-order valence-corrected chi connectivity index (χ1v) is 5.99. The van der Waals surface area contributed by atoms with Gasteiger partial charge in [0, 0.05) is 38.6 Å². The number of carboxylic acid groups (broad SMARTS) is 1. The molecule has 1 aromatic heterocycles. The molecule has 1 aliphatic heterocycles. The van der Waals surface area contributed by atoms with Crippen LogP contribution in [-0.4, -0.2) is 64.5 Å². The summed E-state index contributed by atoms with van der Waals surface area (Å²) in [5.41, 5.74) is 0.980. The van der Waals surface area contributed by atoms with Crippen molar-refractivity contribution in [2.24, 2.45) is 0 Å². The Morgan fingerprint density at radius 2 is 2.00 bits per heavy atom. The smallest absolute Gasteiger partial charge is 0.317 e. The number of nitrogens with zero attached hydrogens (tertiary/aromatic N) is 2. The first-order valence-electron chi connectivity index (χ1n) is 5.99. The Kier molecular flexibility index (Phi) is 3.99. The van der Waals surface area contributed by atoms with Crippen molar-refractivity contribution < 1.29 is 14.7 Å². The summed E-state index contributed by atoms with van der Waals surface area (Å²) < 4.78 is 0. The van der Waals surface area contributed by atoms with Gasteiger partial charge in [-0.05, 0) is 11.6 Å². The summed E-state index contributed by atoms with van der Waals surface area (Å²) in [6.07, 6.45) is 4.02. The molecule has 1 saturated heterocycles. The highest BCUT2D eigenvalue weighted by atomic mass is 16.4. The molecule has 1 aromatic rings. The molecule has 98 valence electrons. The van der Waals surface area contributed by atoms with E-state index in [1.54, 1.807) is 11.1 Å². The molecule has 0 spiro atoms. The van der Waals surface area contributed by atoms with Gasteiger partial charge in [-0.15, -0.1) is 0 Å². The molecule has 0 bridgehead atoms. The molecule has 1 aliphatic rings. The van der Waals surface area contributed by atoms with E-state index in [9.17, 15) is 9.59 Å². The maximum atomic E-state index is 12.0. The molecule has 0 aliphatic carbocycles. The number of hydrogen-bond acceptors (Lipinski definition) is 3. The maximum absolute atomic E-state index is 12.0. The van der Waals surface area contributed by atoms with E-state index in [1.807, 2.05) is 17.2 Å². The third-order valence-electron chi connectivity index (χ3n) is 3.10. The molecular weight excluding hydrogens is 234 g/mol. The van der Waals surface area contributed by atoms with E-state index in [0.717, 1.165) is 5.56 Å². The minimum absolute atomic E-state index is 0.0554. The Hall–Kier alpha value is -1.82. The number of aliphatic carboxylic acids is 1. The normalized spacial score (nSPS) is 16.8. The van der Waals surface area contributed by atoms with Crippen LogP contribution in [0, 0.1) is 0 Å². The van der Waals surface area contributed by atoms with E-state index in [-0.39, 0.29) is 12.5 Å². The van der Waals surface area contributed by atoms with Gasteiger partial charge < -0.3 is 15.0 Å². The number of amides is 1. The van der Waals surface area contributed by atoms with Crippen LogP contribution in [0.3, 0.4) is 0 Å². The number of carbonyl (C=O) groups is 2. The van der Waals surface area contributed by atoms with Crippen molar-refractivity contribution in [3.63, 3.8) is 0 Å². The van der Waals surface area contributed by atoms with Gasteiger partial charge in [0.2, 0.25) is 5.91 Å². The van der Waals surface area contributed by atoms with E-state index in [0.29, 0.717) is 32.6 Å². The van der Waals surface area contributed by atoms with Gasteiger partial charge in [-0.3, -0.25) is 14.5 Å². The number of carbonyl (C=O) groups excluding carboxylic acids is 1. The number of carboxylic acids is 1. The van der Waals surface area contributed by atoms with Crippen LogP contribution in [0.4, 0.5) is 0 Å². The highest BCUT2D eigenvalue weighted by molar-refractivity contribution is 5.78. The Morgan fingerprint density at radius 3 is 2.56 bits per heavy atom. The van der Waals surface area contributed by atoms with Crippen LogP contribution in [0.25, 0.3) is 0 Å². The topological polar surface area (TPSA) is 76.6 Å². The van der Waals surface area contributed by atoms with Gasteiger partial charge >= 0.3 is 5.97 Å². The fraction of sp³-hybridized carbons (Fsp3) is 0.500. The second-order valence-electron chi connectivity index (χ2n) is 4.45. The third-order valence-corrected chi connectivity index (χ3v) is 3.10. The second kappa shape index (κ2) is 5.68. The summed E-state index contributed by atoms with van der Waals surface area (Å²) in [7, 11) is 0. The maximum Gasteiger partial charge on any atom is 0.317 e. The fourth-order valence-electron chi connectivity index (χ4n) is 2.10. The molecule has 6 nitrogen and oxygen atoms in total. The Morgan fingerprint density at radius 1 is 1.28 bits per heavy atom. The number of piperazine rings is 1. The molecule has 0 radical (unpaired) electrons. The lowest BCUT2D eigenvalue weighted by Crippen LogP contribution is -2.50. The predicted molar refractivity (Wildman–Crippen MR) is 65.2 cm³/mol. The molecule has 1 amide bonds. The summed E-state index contributed by atoms with van der Waals surface area (Å²) in [4.78, 5) is 29.1. The van der Waals surface area contributed by atoms with Crippen LogP contribution < -0.4 is 0 Å². The first kappa shape index (κ1) is 12.6. The van der Waals surface area contributed by atoms with E-state index in [2.05, 4.69) is 4.98 Å². The van der Waals surface area contributed by atoms with Crippen molar-refractivity contribution in [3.8, 4) is 0 Å². The number of rotatable bonds is 4. The third kappa shape index (κ3) is 3.33. The SMILES string of the molecule is O=C(O)CN1CCN(C(=O)Cc2cc[nH]c2)CC1. The fourth-order valence-corrected chi connectivity index (χ4v) is 2.10. The van der Waals surface area contributed by atoms with Gasteiger partial charge in [-0.25, -0.2) is 0 Å². The van der Waals surface area contributed by atoms with Crippen LogP contribution in [0.2, 0.25) is 0 Å². The zero-order valence-electron chi connectivity index (χ0n) is 10.1. The van der Waals surface area contributed by atoms with E-state index >= 15 is 0 Å². The summed E-state index contributed by atoms with van der Waals surface area (Å²) in [6, 6.07) is 1.89. The van der Waals surface area contributed by atoms with Crippen LogP contribution in [-0.2, 0) is 16.0 Å². The van der Waals surface area contributed by atoms with Gasteiger partial charge in [0.25, 0.3) is 0 Å². The number of aromatic nitrogens is 1. The summed E-state index contributed by atoms with van der Waals surface area (Å²) in [6.45, 7) is 2.53. The van der Waals surface area contributed by atoms with Crippen LogP contribution in [0.15, 0.2) is 18.5 Å². The first-order chi connectivity index (χ1) is 8.65. The van der Waals surface area contributed by atoms with Crippen molar-refractivity contribution in [1.29, 1.82) is 0 Å². The molecule has 0 saturated carbocycles. The highest BCUT2D eigenvalue weighted by Crippen LogP contribution is 2.06. The molecule has 2 heterocycles. The van der Waals surface area contributed by atoms with Crippen molar-refractivity contribution in [1.82, 2.24) is 14.8 Å². The zero-order chi connectivity index (χ0) is 13.0.